The number of aliphatic imine (C=N–C) groups is 1. The Kier molecular flexibility index (Phi) is 6.65. The third kappa shape index (κ3) is 4.58. The number of methoxy groups -OCH3 is 2. The van der Waals surface area contributed by atoms with Gasteiger partial charge < -0.3 is 20.1 Å². The number of thioether (sulfide) groups is 1. The van der Waals surface area contributed by atoms with Gasteiger partial charge in [0.1, 0.15) is 0 Å². The van der Waals surface area contributed by atoms with Gasteiger partial charge in [0.15, 0.2) is 17.5 Å². The number of allylic oxidation sites excluding steroid dienone is 1. The minimum Gasteiger partial charge on any atom is -0.493 e. The summed E-state index contributed by atoms with van der Waals surface area (Å²) >= 11 is 1.95. The van der Waals surface area contributed by atoms with Crippen molar-refractivity contribution in [2.45, 2.75) is 13.0 Å². The van der Waals surface area contributed by atoms with E-state index in [0.717, 1.165) is 47.9 Å². The van der Waals surface area contributed by atoms with Gasteiger partial charge in [0.05, 0.1) is 20.8 Å². The SMILES string of the molecule is C=CCc1cc(CN=C(N)N2CCSCC2)cc(OC)c1OC. The average molecular weight is 335 g/mol. The van der Waals surface area contributed by atoms with Crippen LogP contribution in [0.25, 0.3) is 0 Å². The zero-order chi connectivity index (χ0) is 16.7. The summed E-state index contributed by atoms with van der Waals surface area (Å²) in [6.45, 7) is 6.26. The van der Waals surface area contributed by atoms with Gasteiger partial charge in [-0.25, -0.2) is 4.99 Å². The van der Waals surface area contributed by atoms with Crippen molar-refractivity contribution in [3.8, 4) is 11.5 Å². The summed E-state index contributed by atoms with van der Waals surface area (Å²) < 4.78 is 10.9. The quantitative estimate of drug-likeness (QED) is 0.491. The van der Waals surface area contributed by atoms with E-state index in [0.29, 0.717) is 18.3 Å². The molecule has 1 fully saturated rings. The summed E-state index contributed by atoms with van der Waals surface area (Å²) in [5.74, 6) is 4.29. The predicted octanol–water partition coefficient (Wildman–Crippen LogP) is 2.30. The smallest absolute Gasteiger partial charge is 0.191 e. The van der Waals surface area contributed by atoms with Gasteiger partial charge in [-0.05, 0) is 24.1 Å². The fourth-order valence-electron chi connectivity index (χ4n) is 2.57. The molecule has 1 aliphatic rings. The molecule has 6 heteroatoms. The van der Waals surface area contributed by atoms with Crippen LogP contribution in [0.15, 0.2) is 29.8 Å². The Balaban J connectivity index is 2.18. The van der Waals surface area contributed by atoms with Gasteiger partial charge in [0, 0.05) is 30.2 Å². The minimum absolute atomic E-state index is 0.528. The molecule has 0 atom stereocenters. The zero-order valence-corrected chi connectivity index (χ0v) is 14.7. The Bertz CT molecular complexity index is 569. The van der Waals surface area contributed by atoms with Crippen LogP contribution in [0.5, 0.6) is 11.5 Å². The number of guanidine groups is 1. The van der Waals surface area contributed by atoms with Crippen LogP contribution in [0.2, 0.25) is 0 Å². The van der Waals surface area contributed by atoms with Crippen molar-refractivity contribution in [2.75, 3.05) is 38.8 Å². The van der Waals surface area contributed by atoms with E-state index in [1.165, 1.54) is 0 Å². The highest BCUT2D eigenvalue weighted by molar-refractivity contribution is 7.99. The molecule has 1 saturated heterocycles. The third-order valence-electron chi connectivity index (χ3n) is 3.74. The van der Waals surface area contributed by atoms with E-state index >= 15 is 0 Å². The molecule has 0 bridgehead atoms. The molecule has 2 rings (SSSR count). The Hall–Kier alpha value is -1.82. The lowest BCUT2D eigenvalue weighted by molar-refractivity contribution is 0.352. The van der Waals surface area contributed by atoms with Crippen LogP contribution in [0.1, 0.15) is 11.1 Å². The largest absolute Gasteiger partial charge is 0.493 e. The number of hydrogen-bond donors (Lipinski definition) is 1. The number of benzene rings is 1. The highest BCUT2D eigenvalue weighted by atomic mass is 32.2. The first-order valence-electron chi connectivity index (χ1n) is 7.66. The van der Waals surface area contributed by atoms with Crippen molar-refractivity contribution in [1.29, 1.82) is 0 Å². The van der Waals surface area contributed by atoms with Crippen molar-refractivity contribution in [1.82, 2.24) is 4.90 Å². The molecule has 5 nitrogen and oxygen atoms in total. The first-order valence-corrected chi connectivity index (χ1v) is 8.82. The number of hydrogen-bond acceptors (Lipinski definition) is 4. The van der Waals surface area contributed by atoms with Crippen molar-refractivity contribution in [3.05, 3.63) is 35.9 Å². The molecule has 0 aliphatic carbocycles. The van der Waals surface area contributed by atoms with E-state index in [4.69, 9.17) is 15.2 Å². The van der Waals surface area contributed by atoms with Gasteiger partial charge in [0.2, 0.25) is 0 Å². The first kappa shape index (κ1) is 17.5. The fraction of sp³-hybridized carbons (Fsp3) is 0.471. The second kappa shape index (κ2) is 8.72. The van der Waals surface area contributed by atoms with Crippen LogP contribution < -0.4 is 15.2 Å². The summed E-state index contributed by atoms with van der Waals surface area (Å²) in [6, 6.07) is 4.03. The molecule has 0 amide bonds. The van der Waals surface area contributed by atoms with Crippen molar-refractivity contribution in [2.24, 2.45) is 10.7 Å². The predicted molar refractivity (Wildman–Crippen MR) is 97.7 cm³/mol. The van der Waals surface area contributed by atoms with Gasteiger partial charge >= 0.3 is 0 Å². The maximum atomic E-state index is 6.11. The molecule has 2 N–H and O–H groups in total. The second-order valence-corrected chi connectivity index (χ2v) is 6.48. The molecule has 126 valence electrons. The van der Waals surface area contributed by atoms with Crippen LogP contribution >= 0.6 is 11.8 Å². The summed E-state index contributed by atoms with van der Waals surface area (Å²) in [7, 11) is 3.29. The number of rotatable bonds is 6. The van der Waals surface area contributed by atoms with E-state index in [-0.39, 0.29) is 0 Å². The van der Waals surface area contributed by atoms with Crippen molar-refractivity contribution < 1.29 is 9.47 Å². The Morgan fingerprint density at radius 1 is 1.35 bits per heavy atom. The van der Waals surface area contributed by atoms with Crippen LogP contribution in [-0.4, -0.2) is 49.7 Å². The second-order valence-electron chi connectivity index (χ2n) is 5.26. The molecule has 0 spiro atoms. The molecule has 0 aromatic heterocycles. The molecule has 1 aromatic rings. The summed E-state index contributed by atoms with van der Waals surface area (Å²) in [5.41, 5.74) is 8.21. The molecule has 1 heterocycles. The van der Waals surface area contributed by atoms with Crippen LogP contribution in [0.3, 0.4) is 0 Å². The summed E-state index contributed by atoms with van der Waals surface area (Å²) in [6.07, 6.45) is 2.57. The normalized spacial score (nSPS) is 15.4. The molecule has 1 aromatic carbocycles. The van der Waals surface area contributed by atoms with E-state index in [9.17, 15) is 0 Å². The Labute approximate surface area is 142 Å². The third-order valence-corrected chi connectivity index (χ3v) is 4.68. The molecular weight excluding hydrogens is 310 g/mol. The monoisotopic (exact) mass is 335 g/mol. The maximum Gasteiger partial charge on any atom is 0.191 e. The first-order chi connectivity index (χ1) is 11.2. The molecule has 1 aliphatic heterocycles. The lowest BCUT2D eigenvalue weighted by Gasteiger charge is -2.27. The standard InChI is InChI=1S/C17H25N3O2S/c1-4-5-14-10-13(11-15(21-2)16(14)22-3)12-19-17(18)20-6-8-23-9-7-20/h4,10-11H,1,5-9,12H2,2-3H3,(H2,18,19). The summed E-state index contributed by atoms with van der Waals surface area (Å²) in [4.78, 5) is 6.68. The Morgan fingerprint density at radius 2 is 2.09 bits per heavy atom. The molecular formula is C17H25N3O2S. The van der Waals surface area contributed by atoms with Gasteiger partial charge in [0.25, 0.3) is 0 Å². The topological polar surface area (TPSA) is 60.1 Å². The van der Waals surface area contributed by atoms with E-state index in [1.807, 2.05) is 23.9 Å². The average Bonchev–Trinajstić information content (AvgIpc) is 2.60. The number of ether oxygens (including phenoxy) is 2. The van der Waals surface area contributed by atoms with Crippen LogP contribution in [-0.2, 0) is 13.0 Å². The Morgan fingerprint density at radius 3 is 2.70 bits per heavy atom. The lowest BCUT2D eigenvalue weighted by Crippen LogP contribution is -2.42. The van der Waals surface area contributed by atoms with Gasteiger partial charge in [-0.1, -0.05) is 6.08 Å². The highest BCUT2D eigenvalue weighted by Crippen LogP contribution is 2.33. The van der Waals surface area contributed by atoms with E-state index < -0.39 is 0 Å². The minimum atomic E-state index is 0.528. The fourth-order valence-corrected chi connectivity index (χ4v) is 3.47. The zero-order valence-electron chi connectivity index (χ0n) is 13.9. The number of nitrogens with two attached hydrogens (primary N) is 1. The van der Waals surface area contributed by atoms with Gasteiger partial charge in [-0.2, -0.15) is 11.8 Å². The lowest BCUT2D eigenvalue weighted by atomic mass is 10.1. The van der Waals surface area contributed by atoms with Crippen molar-refractivity contribution >= 4 is 17.7 Å². The molecule has 23 heavy (non-hydrogen) atoms. The van der Waals surface area contributed by atoms with Gasteiger partial charge in [-0.3, -0.25) is 0 Å². The maximum absolute atomic E-state index is 6.11. The van der Waals surface area contributed by atoms with Crippen molar-refractivity contribution in [3.63, 3.8) is 0 Å². The summed E-state index contributed by atoms with van der Waals surface area (Å²) in [5, 5.41) is 0. The highest BCUT2D eigenvalue weighted by Gasteiger charge is 2.14. The molecule has 0 radical (unpaired) electrons. The number of nitrogens with zero attached hydrogens (tertiary/aromatic N) is 2. The molecule has 0 saturated carbocycles. The van der Waals surface area contributed by atoms with Crippen LogP contribution in [0.4, 0.5) is 0 Å². The van der Waals surface area contributed by atoms with Gasteiger partial charge in [-0.15, -0.1) is 6.58 Å². The van der Waals surface area contributed by atoms with E-state index in [2.05, 4.69) is 22.5 Å². The van der Waals surface area contributed by atoms with Crippen LogP contribution in [0, 0.1) is 0 Å². The molecule has 0 unspecified atom stereocenters. The van der Waals surface area contributed by atoms with E-state index in [1.54, 1.807) is 14.2 Å².